The third-order valence-electron chi connectivity index (χ3n) is 6.70. The number of rotatable bonds is 10. The van der Waals surface area contributed by atoms with Crippen LogP contribution in [0.5, 0.6) is 5.75 Å². The molecular formula is C37H66N3OP5. The zero-order valence-corrected chi connectivity index (χ0v) is 34.9. The van der Waals surface area contributed by atoms with E-state index in [2.05, 4.69) is 142 Å². The quantitative estimate of drug-likeness (QED) is 0.0731. The van der Waals surface area contributed by atoms with Gasteiger partial charge in [-0.3, -0.25) is 0 Å². The van der Waals surface area contributed by atoms with Crippen LogP contribution in [0.2, 0.25) is 0 Å². The van der Waals surface area contributed by atoms with E-state index in [1.165, 1.54) is 44.5 Å². The van der Waals surface area contributed by atoms with Crippen molar-refractivity contribution in [2.24, 2.45) is 5.11 Å². The molecule has 260 valence electrons. The summed E-state index contributed by atoms with van der Waals surface area (Å²) in [5, 5.41) is 12.6. The van der Waals surface area contributed by atoms with E-state index in [4.69, 9.17) is 5.53 Å². The van der Waals surface area contributed by atoms with Gasteiger partial charge in [-0.2, -0.15) is 0 Å². The minimum absolute atomic E-state index is 0. The van der Waals surface area contributed by atoms with Crippen LogP contribution in [-0.2, 0) is 38.5 Å². The summed E-state index contributed by atoms with van der Waals surface area (Å²) >= 11 is 0. The Hall–Kier alpha value is -1.08. The van der Waals surface area contributed by atoms with E-state index in [-0.39, 0.29) is 14.4 Å². The molecule has 0 aromatic heterocycles. The first-order valence-corrected chi connectivity index (χ1v) is 24.5. The van der Waals surface area contributed by atoms with Crippen LogP contribution >= 0.6 is 41.7 Å². The van der Waals surface area contributed by atoms with Crippen LogP contribution in [0.15, 0.2) is 59.7 Å². The maximum Gasteiger partial charge on any atom is 0.116 e. The van der Waals surface area contributed by atoms with Gasteiger partial charge in [0, 0.05) is 11.5 Å². The van der Waals surface area contributed by atoms with Gasteiger partial charge < -0.3 is 5.11 Å². The Balaban J connectivity index is -0.000000514. The van der Waals surface area contributed by atoms with Gasteiger partial charge in [0.1, 0.15) is 5.75 Å². The maximum absolute atomic E-state index is 9.26. The number of aromatic hydroxyl groups is 1. The lowest BCUT2D eigenvalue weighted by Crippen LogP contribution is -1.87. The molecule has 0 bridgehead atoms. The molecule has 0 aliphatic carbocycles. The summed E-state index contributed by atoms with van der Waals surface area (Å²) in [5.74, 6) is 0.390. The van der Waals surface area contributed by atoms with Crippen molar-refractivity contribution in [2.45, 2.75) is 121 Å². The number of azide groups is 1. The Morgan fingerprint density at radius 2 is 0.935 bits per heavy atom. The Bertz CT molecular complexity index is 1040. The predicted molar refractivity (Wildman–Crippen MR) is 227 cm³/mol. The highest BCUT2D eigenvalue weighted by atomic mass is 32.8. The molecule has 0 saturated heterocycles. The number of hydrogen-bond acceptors (Lipinski definition) is 2. The lowest BCUT2D eigenvalue weighted by Gasteiger charge is -2.02. The molecule has 4 unspecified atom stereocenters. The average Bonchev–Trinajstić information content (AvgIpc) is 3.05. The van der Waals surface area contributed by atoms with E-state index in [0.717, 1.165) is 59.3 Å². The summed E-state index contributed by atoms with van der Waals surface area (Å²) in [6.07, 6.45) is 8.67. The monoisotopic (exact) mass is 723 g/mol. The van der Waals surface area contributed by atoms with Crippen LogP contribution in [0.4, 0.5) is 0 Å². The molecule has 0 aliphatic heterocycles. The van der Waals surface area contributed by atoms with E-state index in [1.807, 2.05) is 12.1 Å². The summed E-state index contributed by atoms with van der Waals surface area (Å²) in [6.45, 7) is 20.3. The molecule has 0 heterocycles. The molecule has 9 heteroatoms. The number of unbranched alkanes of at least 4 members (excludes halogenated alkanes) is 1. The minimum Gasteiger partial charge on any atom is -0.508 e. The molecule has 0 saturated carbocycles. The van der Waals surface area contributed by atoms with Crippen molar-refractivity contribution in [1.82, 2.24) is 0 Å². The van der Waals surface area contributed by atoms with Crippen LogP contribution in [0, 0.1) is 13.8 Å². The van der Waals surface area contributed by atoms with Gasteiger partial charge in [0.05, 0.1) is 0 Å². The first kappa shape index (κ1) is 49.3. The van der Waals surface area contributed by atoms with Gasteiger partial charge in [0.15, 0.2) is 0 Å². The van der Waals surface area contributed by atoms with E-state index in [0.29, 0.717) is 12.3 Å². The third-order valence-corrected chi connectivity index (χ3v) is 18.6. The second kappa shape index (κ2) is 32.5. The van der Waals surface area contributed by atoms with Crippen molar-refractivity contribution in [3.05, 3.63) is 110 Å². The Morgan fingerprint density at radius 1 is 0.652 bits per heavy atom. The van der Waals surface area contributed by atoms with Crippen LogP contribution in [-0.4, -0.2) is 11.7 Å². The molecule has 0 radical (unpaired) electrons. The fourth-order valence-electron chi connectivity index (χ4n) is 4.14. The van der Waals surface area contributed by atoms with E-state index >= 15 is 0 Å². The van der Waals surface area contributed by atoms with Gasteiger partial charge >= 0.3 is 0 Å². The normalized spacial score (nSPS) is 9.67. The fraction of sp³-hybridized carbons (Fsp3) is 0.514. The zero-order valence-electron chi connectivity index (χ0n) is 29.5. The van der Waals surface area contributed by atoms with Crippen LogP contribution in [0.3, 0.4) is 0 Å². The Labute approximate surface area is 293 Å². The number of aryl methyl sites for hydroxylation is 8. The first-order chi connectivity index (χ1) is 21.5. The van der Waals surface area contributed by atoms with Gasteiger partial charge in [0.25, 0.3) is 0 Å². The summed E-state index contributed by atoms with van der Waals surface area (Å²) in [4.78, 5) is 2.60. The summed E-state index contributed by atoms with van der Waals surface area (Å²) in [7, 11) is 9.24. The van der Waals surface area contributed by atoms with E-state index in [1.54, 1.807) is 0 Å². The molecule has 3 aromatic rings. The predicted octanol–water partition coefficient (Wildman–Crippen LogP) is 13.9. The molecule has 1 N–H and O–H groups in total. The van der Waals surface area contributed by atoms with Crippen molar-refractivity contribution in [3.63, 3.8) is 0 Å². The molecule has 0 spiro atoms. The standard InChI is InChI=1S/2C11H16.C10H14O.C4H9N3.CH4.H7P5/c2*1-4-10-6-9(3)7-11(5-2)8-10;1-3-8-5-9(4-2)7-10(11)6-8;1-2-3-4-6-7-5;;1-4-5(2)3/h2*6-8H,4-5H2,1-3H3;5-7,11H,3-4H2,1-2H3;2-4H2,1H3;1H4;4H,1-3H2. The third kappa shape index (κ3) is 26.9. The van der Waals surface area contributed by atoms with Gasteiger partial charge in [-0.15, -0.1) is 26.8 Å². The Morgan fingerprint density at radius 3 is 1.15 bits per heavy atom. The second-order valence-electron chi connectivity index (χ2n) is 10.6. The molecule has 0 aliphatic rings. The summed E-state index contributed by atoms with van der Waals surface area (Å²) in [5.41, 5.74) is 18.8. The molecule has 4 nitrogen and oxygen atoms in total. The summed E-state index contributed by atoms with van der Waals surface area (Å²) in [6, 6.07) is 19.4. The average molecular weight is 724 g/mol. The van der Waals surface area contributed by atoms with Crippen molar-refractivity contribution < 1.29 is 5.11 Å². The smallest absolute Gasteiger partial charge is 0.116 e. The topological polar surface area (TPSA) is 69.0 Å². The zero-order chi connectivity index (χ0) is 34.6. The first-order valence-electron chi connectivity index (χ1n) is 16.2. The van der Waals surface area contributed by atoms with Crippen molar-refractivity contribution >= 4 is 41.7 Å². The molecule has 46 heavy (non-hydrogen) atoms. The molecule has 0 fully saturated rings. The minimum atomic E-state index is 0. The maximum atomic E-state index is 9.26. The molecule has 3 rings (SSSR count). The van der Waals surface area contributed by atoms with Crippen LogP contribution in [0.25, 0.3) is 10.4 Å². The SMILES string of the molecule is C.CCCCN=[N+]=[N-].CCc1cc(C)cc(CC)c1.CCc1cc(C)cc(CC)c1.CCc1cc(O)cc(CC)c1.PPP(P)P. The van der Waals surface area contributed by atoms with Crippen molar-refractivity contribution in [3.8, 4) is 5.75 Å². The number of hydrogen-bond donors (Lipinski definition) is 1. The van der Waals surface area contributed by atoms with Crippen LogP contribution < -0.4 is 0 Å². The summed E-state index contributed by atoms with van der Waals surface area (Å²) < 4.78 is 0. The van der Waals surface area contributed by atoms with Crippen LogP contribution in [0.1, 0.15) is 113 Å². The second-order valence-corrected chi connectivity index (χ2v) is 24.6. The van der Waals surface area contributed by atoms with Crippen molar-refractivity contribution in [2.75, 3.05) is 6.54 Å². The number of phenols is 1. The number of benzene rings is 3. The molecule has 4 atom stereocenters. The highest BCUT2D eigenvalue weighted by Gasteiger charge is 1.97. The van der Waals surface area contributed by atoms with Gasteiger partial charge in [-0.25, -0.2) is 0 Å². The van der Waals surface area contributed by atoms with Gasteiger partial charge in [0.2, 0.25) is 0 Å². The van der Waals surface area contributed by atoms with Gasteiger partial charge in [-0.1, -0.05) is 129 Å². The molecule has 0 amide bonds. The number of phenolic OH excluding ortho intramolecular Hbond substituents is 1. The highest BCUT2D eigenvalue weighted by molar-refractivity contribution is 8.77. The number of nitrogens with zero attached hydrogens (tertiary/aromatic N) is 3. The van der Waals surface area contributed by atoms with E-state index in [9.17, 15) is 5.11 Å². The van der Waals surface area contributed by atoms with E-state index < -0.39 is 0 Å². The fourth-order valence-corrected chi connectivity index (χ4v) is 4.14. The lowest BCUT2D eigenvalue weighted by atomic mass is 10.0. The lowest BCUT2D eigenvalue weighted by molar-refractivity contribution is 0.474. The largest absolute Gasteiger partial charge is 0.508 e. The highest BCUT2D eigenvalue weighted by Crippen LogP contribution is 2.71. The van der Waals surface area contributed by atoms with Crippen molar-refractivity contribution in [1.29, 1.82) is 0 Å². The Kier molecular flexibility index (Phi) is 34.8. The molecular weight excluding hydrogens is 657 g/mol. The van der Waals surface area contributed by atoms with Gasteiger partial charge in [-0.05, 0) is 117 Å². The molecule has 3 aromatic carbocycles.